The van der Waals surface area contributed by atoms with Crippen LogP contribution in [0.1, 0.15) is 23.3 Å². The van der Waals surface area contributed by atoms with Crippen LogP contribution >= 0.6 is 0 Å². The second kappa shape index (κ2) is 34.2. The van der Waals surface area contributed by atoms with Crippen LogP contribution in [0, 0.1) is 27.7 Å². The largest absolute Gasteiger partial charge is 0.233 e. The fraction of sp³-hybridized carbons (Fsp3) is 0.0370. The third-order valence-electron chi connectivity index (χ3n) is 20.7. The summed E-state index contributed by atoms with van der Waals surface area (Å²) in [5, 5.41) is 4.31. The molecule has 0 saturated heterocycles. The van der Waals surface area contributed by atoms with Gasteiger partial charge in [-0.3, -0.25) is 0 Å². The molecule has 16 aromatic carbocycles. The Balaban J connectivity index is 0.000000111. The molecule has 4 heterocycles. The van der Waals surface area contributed by atoms with E-state index in [1.165, 1.54) is 72.3 Å². The SMILES string of the molecule is Cc1nc(-c2ccccc2)c2c(-c3ccccc3-c3ccccc3)cccc2n1.Cc1nc(-c2ccccc2)c2cc(-c3ccccc3-c3ccccc3)ccc2n1.Cc1nc(-c2ccccc2)c2ccc(-c3ccccc3-c3ccccc3)cc2n1.Cc1nc(-c2ccccc2)c2cccc(-c3ccccc3-c3ccccc3)c2n1. The quantitative estimate of drug-likeness (QED) is 0.119. The van der Waals surface area contributed by atoms with Gasteiger partial charge in [0.1, 0.15) is 23.3 Å². The van der Waals surface area contributed by atoms with Crippen molar-refractivity contribution in [3.63, 3.8) is 0 Å². The van der Waals surface area contributed by atoms with Crippen LogP contribution in [0.25, 0.3) is 178 Å². The van der Waals surface area contributed by atoms with Gasteiger partial charge in [-0.2, -0.15) is 0 Å². The monoisotopic (exact) mass is 1490 g/mol. The highest BCUT2D eigenvalue weighted by atomic mass is 14.9. The van der Waals surface area contributed by atoms with E-state index in [-0.39, 0.29) is 0 Å². The molecule has 116 heavy (non-hydrogen) atoms. The fourth-order valence-corrected chi connectivity index (χ4v) is 15.5. The summed E-state index contributed by atoms with van der Waals surface area (Å²) >= 11 is 0. The summed E-state index contributed by atoms with van der Waals surface area (Å²) in [5.74, 6) is 3.13. The summed E-state index contributed by atoms with van der Waals surface area (Å²) in [4.78, 5) is 38.1. The maximum Gasteiger partial charge on any atom is 0.126 e. The van der Waals surface area contributed by atoms with E-state index in [2.05, 4.69) is 333 Å². The first kappa shape index (κ1) is 73.7. The molecular weight excluding hydrogens is 1410 g/mol. The number of aryl methyl sites for hydroxylation is 4. The summed E-state index contributed by atoms with van der Waals surface area (Å²) in [6.07, 6.45) is 0. The van der Waals surface area contributed by atoms with Crippen molar-refractivity contribution < 1.29 is 0 Å². The number of fused-ring (bicyclic) bond motifs is 4. The van der Waals surface area contributed by atoms with E-state index in [1.807, 2.05) is 113 Å². The minimum Gasteiger partial charge on any atom is -0.233 e. The van der Waals surface area contributed by atoms with Crippen molar-refractivity contribution in [2.75, 3.05) is 0 Å². The number of rotatable bonds is 12. The Bertz CT molecular complexity index is 6760. The number of aromatic nitrogens is 8. The lowest BCUT2D eigenvalue weighted by atomic mass is 9.91. The number of hydrogen-bond donors (Lipinski definition) is 0. The van der Waals surface area contributed by atoms with Crippen molar-refractivity contribution >= 4 is 43.6 Å². The fourth-order valence-electron chi connectivity index (χ4n) is 15.5. The zero-order valence-corrected chi connectivity index (χ0v) is 64.8. The highest BCUT2D eigenvalue weighted by Gasteiger charge is 2.20. The van der Waals surface area contributed by atoms with Crippen molar-refractivity contribution in [2.45, 2.75) is 27.7 Å². The molecule has 0 radical (unpaired) electrons. The van der Waals surface area contributed by atoms with Crippen LogP contribution in [0.4, 0.5) is 0 Å². The molecule has 20 rings (SSSR count). The topological polar surface area (TPSA) is 103 Å². The first-order valence-corrected chi connectivity index (χ1v) is 39.1. The third kappa shape index (κ3) is 16.1. The highest BCUT2D eigenvalue weighted by Crippen LogP contribution is 2.43. The standard InChI is InChI=1S/4C27H20N2/c1-19-28-25-18-10-17-24(26(25)27(29-19)21-13-6-3-7-14-21)23-16-9-8-15-22(23)20-11-4-2-5-12-20;1-19-28-26(21-13-6-3-7-14-21)25-18-10-17-24(27(25)29-19)23-16-9-8-15-22(23)20-11-4-2-5-12-20;1-19-28-26-17-16-22(18-25(26)27(29-19)21-12-6-3-7-13-21)24-15-9-8-14-23(24)20-10-4-2-5-11-20;1-19-28-26-18-22(16-17-25(26)27(29-19)21-12-6-3-7-13-21)24-15-9-8-14-23(24)20-10-4-2-5-11-20/h4*2-18H,1H3. The van der Waals surface area contributed by atoms with Crippen LogP contribution in [0.15, 0.2) is 413 Å². The summed E-state index contributed by atoms with van der Waals surface area (Å²) in [5.41, 5.74) is 31.3. The maximum absolute atomic E-state index is 4.86. The zero-order chi connectivity index (χ0) is 78.5. The highest BCUT2D eigenvalue weighted by molar-refractivity contribution is 6.07. The van der Waals surface area contributed by atoms with Gasteiger partial charge in [-0.15, -0.1) is 0 Å². The predicted octanol–water partition coefficient (Wildman–Crippen LogP) is 27.8. The molecule has 0 N–H and O–H groups in total. The van der Waals surface area contributed by atoms with Gasteiger partial charge in [0.2, 0.25) is 0 Å². The first-order valence-electron chi connectivity index (χ1n) is 39.1. The van der Waals surface area contributed by atoms with Gasteiger partial charge in [-0.1, -0.05) is 382 Å². The molecule has 0 aliphatic rings. The van der Waals surface area contributed by atoms with E-state index in [9.17, 15) is 0 Å². The Morgan fingerprint density at radius 3 is 0.871 bits per heavy atom. The predicted molar refractivity (Wildman–Crippen MR) is 482 cm³/mol. The Labute approximate surface area is 676 Å². The lowest BCUT2D eigenvalue weighted by molar-refractivity contribution is 1.10. The molecule has 0 aliphatic carbocycles. The van der Waals surface area contributed by atoms with Gasteiger partial charge in [0.05, 0.1) is 44.8 Å². The van der Waals surface area contributed by atoms with Gasteiger partial charge in [0.25, 0.3) is 0 Å². The summed E-state index contributed by atoms with van der Waals surface area (Å²) in [6.45, 7) is 7.82. The zero-order valence-electron chi connectivity index (χ0n) is 64.8. The molecule has 552 valence electrons. The number of benzene rings is 16. The molecule has 8 nitrogen and oxygen atoms in total. The molecule has 0 amide bonds. The van der Waals surface area contributed by atoms with Crippen LogP contribution in [-0.2, 0) is 0 Å². The van der Waals surface area contributed by atoms with Gasteiger partial charge >= 0.3 is 0 Å². The van der Waals surface area contributed by atoms with E-state index in [4.69, 9.17) is 34.9 Å². The molecule has 0 bridgehead atoms. The first-order chi connectivity index (χ1) is 57.2. The maximum atomic E-state index is 4.86. The summed E-state index contributed by atoms with van der Waals surface area (Å²) < 4.78 is 0. The Kier molecular flexibility index (Phi) is 21.7. The van der Waals surface area contributed by atoms with Crippen molar-refractivity contribution in [3.8, 4) is 134 Å². The van der Waals surface area contributed by atoms with Crippen LogP contribution in [0.5, 0.6) is 0 Å². The van der Waals surface area contributed by atoms with E-state index < -0.39 is 0 Å². The van der Waals surface area contributed by atoms with Gasteiger partial charge in [0.15, 0.2) is 0 Å². The molecule has 0 aliphatic heterocycles. The van der Waals surface area contributed by atoms with Crippen LogP contribution in [-0.4, -0.2) is 39.9 Å². The number of nitrogens with zero attached hydrogens (tertiary/aromatic N) is 8. The van der Waals surface area contributed by atoms with Gasteiger partial charge < -0.3 is 0 Å². The van der Waals surface area contributed by atoms with Gasteiger partial charge in [-0.25, -0.2) is 39.9 Å². The van der Waals surface area contributed by atoms with Crippen molar-refractivity contribution in [3.05, 3.63) is 436 Å². The molecule has 0 saturated carbocycles. The van der Waals surface area contributed by atoms with Gasteiger partial charge in [0, 0.05) is 49.4 Å². The van der Waals surface area contributed by atoms with Crippen molar-refractivity contribution in [1.29, 1.82) is 0 Å². The average Bonchev–Trinajstić information content (AvgIpc) is 0.719. The molecule has 0 atom stereocenters. The lowest BCUT2D eigenvalue weighted by Crippen LogP contribution is -1.96. The van der Waals surface area contributed by atoms with Crippen LogP contribution in [0.2, 0.25) is 0 Å². The molecular formula is C108H80N8. The molecule has 0 fully saturated rings. The van der Waals surface area contributed by atoms with Crippen molar-refractivity contribution in [1.82, 2.24) is 39.9 Å². The normalized spacial score (nSPS) is 10.9. The Morgan fingerprint density at radius 1 is 0.147 bits per heavy atom. The number of hydrogen-bond acceptors (Lipinski definition) is 8. The molecule has 8 heteroatoms. The molecule has 0 spiro atoms. The second-order valence-corrected chi connectivity index (χ2v) is 28.5. The summed E-state index contributed by atoms with van der Waals surface area (Å²) in [7, 11) is 0. The van der Waals surface area contributed by atoms with E-state index >= 15 is 0 Å². The Morgan fingerprint density at radius 2 is 0.431 bits per heavy atom. The average molecular weight is 1490 g/mol. The minimum atomic E-state index is 0.779. The number of para-hydroxylation sites is 1. The van der Waals surface area contributed by atoms with Crippen LogP contribution < -0.4 is 0 Å². The summed E-state index contributed by atoms with van der Waals surface area (Å²) in [6, 6.07) is 143. The minimum absolute atomic E-state index is 0.779. The van der Waals surface area contributed by atoms with E-state index in [0.29, 0.717) is 0 Å². The third-order valence-corrected chi connectivity index (χ3v) is 20.7. The lowest BCUT2D eigenvalue weighted by Gasteiger charge is -2.15. The van der Waals surface area contributed by atoms with Gasteiger partial charge in [-0.05, 0) is 141 Å². The Hall–Kier alpha value is -15.1. The molecule has 0 unspecified atom stereocenters. The smallest absolute Gasteiger partial charge is 0.126 e. The van der Waals surface area contributed by atoms with Crippen LogP contribution in [0.3, 0.4) is 0 Å². The second-order valence-electron chi connectivity index (χ2n) is 28.5. The van der Waals surface area contributed by atoms with E-state index in [0.717, 1.165) is 129 Å². The van der Waals surface area contributed by atoms with E-state index in [1.54, 1.807) is 0 Å². The molecule has 20 aromatic rings. The molecule has 4 aromatic heterocycles. The van der Waals surface area contributed by atoms with Crippen molar-refractivity contribution in [2.24, 2.45) is 0 Å².